The van der Waals surface area contributed by atoms with E-state index in [4.69, 9.17) is 17.3 Å². The van der Waals surface area contributed by atoms with E-state index in [1.807, 2.05) is 0 Å². The number of benzene rings is 1. The highest BCUT2D eigenvalue weighted by Crippen LogP contribution is 2.45. The molecule has 2 aliphatic heterocycles. The lowest BCUT2D eigenvalue weighted by molar-refractivity contribution is -0.0500. The molecule has 1 fully saturated rings. The van der Waals surface area contributed by atoms with E-state index in [9.17, 15) is 21.6 Å². The molecule has 1 aromatic carbocycles. The fourth-order valence-electron chi connectivity index (χ4n) is 3.66. The van der Waals surface area contributed by atoms with Gasteiger partial charge in [-0.05, 0) is 11.6 Å². The van der Waals surface area contributed by atoms with E-state index in [2.05, 4.69) is 24.4 Å². The third-order valence-corrected chi connectivity index (χ3v) is 6.22. The van der Waals surface area contributed by atoms with E-state index in [1.54, 1.807) is 6.07 Å². The summed E-state index contributed by atoms with van der Waals surface area (Å²) in [6.07, 6.45) is 1.44. The number of nitrogens with two attached hydrogens (primary N) is 1. The maximum absolute atomic E-state index is 12.5. The molecule has 0 unspecified atom stereocenters. The van der Waals surface area contributed by atoms with Crippen molar-refractivity contribution in [3.8, 4) is 5.75 Å². The average Bonchev–Trinajstić information content (AvgIpc) is 2.95. The average molecular weight is 450 g/mol. The van der Waals surface area contributed by atoms with Crippen molar-refractivity contribution in [1.82, 2.24) is 14.9 Å². The van der Waals surface area contributed by atoms with Crippen molar-refractivity contribution >= 4 is 33.4 Å². The van der Waals surface area contributed by atoms with Crippen molar-refractivity contribution in [2.75, 3.05) is 30.7 Å². The minimum absolute atomic E-state index is 0.133. The number of fused-ring (bicyclic) bond motifs is 2. The molecule has 0 aliphatic carbocycles. The lowest BCUT2D eigenvalue weighted by Crippen LogP contribution is -2.59. The molecule has 1 aromatic heterocycles. The van der Waals surface area contributed by atoms with Gasteiger partial charge in [-0.3, -0.25) is 4.90 Å². The Morgan fingerprint density at radius 2 is 2.07 bits per heavy atom. The molecule has 13 heteroatoms. The van der Waals surface area contributed by atoms with Gasteiger partial charge in [0.15, 0.2) is 0 Å². The minimum atomic E-state index is -5.71. The second kappa shape index (κ2) is 6.61. The predicted octanol–water partition coefficient (Wildman–Crippen LogP) is 2.12. The lowest BCUT2D eigenvalue weighted by Gasteiger charge is -2.48. The van der Waals surface area contributed by atoms with Crippen LogP contribution in [0.25, 0.3) is 0 Å². The molecule has 3 heterocycles. The molecule has 0 saturated carbocycles. The SMILES string of the molecule is Nc1ncc(Cl)c(CN2CC3(CNc4cc(OS(=O)(=O)C(F)(F)F)ccc43)C2)n1. The Hall–Kier alpha value is -2.31. The maximum atomic E-state index is 12.5. The summed E-state index contributed by atoms with van der Waals surface area (Å²) in [5, 5.41) is 3.52. The number of nitrogens with zero attached hydrogens (tertiary/aromatic N) is 3. The van der Waals surface area contributed by atoms with Crippen LogP contribution in [0, 0.1) is 0 Å². The van der Waals surface area contributed by atoms with Gasteiger partial charge in [-0.1, -0.05) is 17.7 Å². The van der Waals surface area contributed by atoms with Crippen LogP contribution in [0.2, 0.25) is 5.02 Å². The first kappa shape index (κ1) is 20.0. The molecule has 1 saturated heterocycles. The number of nitrogen functional groups attached to an aromatic ring is 1. The molecule has 29 heavy (non-hydrogen) atoms. The number of hydrogen-bond acceptors (Lipinski definition) is 8. The summed E-state index contributed by atoms with van der Waals surface area (Å²) in [5.41, 5.74) is 1.92. The molecule has 3 N–H and O–H groups in total. The Labute approximate surface area is 169 Å². The van der Waals surface area contributed by atoms with E-state index in [0.29, 0.717) is 42.6 Å². The van der Waals surface area contributed by atoms with Gasteiger partial charge in [-0.15, -0.1) is 0 Å². The predicted molar refractivity (Wildman–Crippen MR) is 98.9 cm³/mol. The molecule has 0 atom stereocenters. The van der Waals surface area contributed by atoms with Crippen molar-refractivity contribution < 1.29 is 25.8 Å². The highest BCUT2D eigenvalue weighted by Gasteiger charge is 2.50. The molecule has 156 valence electrons. The molecule has 1 spiro atoms. The first-order valence-corrected chi connectivity index (χ1v) is 10.2. The summed E-state index contributed by atoms with van der Waals surface area (Å²) < 4.78 is 64.0. The molecule has 4 rings (SSSR count). The van der Waals surface area contributed by atoms with Gasteiger partial charge >= 0.3 is 15.6 Å². The number of likely N-dealkylation sites (tertiary alicyclic amines) is 1. The van der Waals surface area contributed by atoms with Crippen LogP contribution in [-0.2, 0) is 22.1 Å². The van der Waals surface area contributed by atoms with Crippen LogP contribution in [0.1, 0.15) is 11.3 Å². The van der Waals surface area contributed by atoms with Crippen LogP contribution in [-0.4, -0.2) is 48.4 Å². The molecular weight excluding hydrogens is 435 g/mol. The molecule has 0 bridgehead atoms. The lowest BCUT2D eigenvalue weighted by atomic mass is 9.75. The smallest absolute Gasteiger partial charge is 0.384 e. The summed E-state index contributed by atoms with van der Waals surface area (Å²) >= 11 is 6.09. The summed E-state index contributed by atoms with van der Waals surface area (Å²) in [4.78, 5) is 10.1. The molecule has 0 amide bonds. The van der Waals surface area contributed by atoms with Crippen molar-refractivity contribution in [2.24, 2.45) is 0 Å². The van der Waals surface area contributed by atoms with E-state index in [-0.39, 0.29) is 11.4 Å². The molecule has 2 aliphatic rings. The van der Waals surface area contributed by atoms with Crippen molar-refractivity contribution in [1.29, 1.82) is 0 Å². The van der Waals surface area contributed by atoms with Crippen LogP contribution in [0.4, 0.5) is 24.8 Å². The van der Waals surface area contributed by atoms with Gasteiger partial charge < -0.3 is 15.2 Å². The number of hydrogen-bond donors (Lipinski definition) is 2. The van der Waals surface area contributed by atoms with Crippen LogP contribution in [0.5, 0.6) is 5.75 Å². The van der Waals surface area contributed by atoms with Crippen LogP contribution in [0.15, 0.2) is 24.4 Å². The van der Waals surface area contributed by atoms with Gasteiger partial charge in [-0.2, -0.15) is 21.6 Å². The first-order valence-electron chi connectivity index (χ1n) is 8.38. The van der Waals surface area contributed by atoms with Gasteiger partial charge in [0.2, 0.25) is 5.95 Å². The molecular formula is C16H15ClF3N5O3S. The number of nitrogens with one attached hydrogen (secondary N) is 1. The summed E-state index contributed by atoms with van der Waals surface area (Å²) in [7, 11) is -5.71. The maximum Gasteiger partial charge on any atom is 0.534 e. The zero-order chi connectivity index (χ0) is 21.0. The summed E-state index contributed by atoms with van der Waals surface area (Å²) in [5.74, 6) is -0.265. The number of aromatic nitrogens is 2. The van der Waals surface area contributed by atoms with E-state index in [1.165, 1.54) is 18.3 Å². The van der Waals surface area contributed by atoms with E-state index >= 15 is 0 Å². The van der Waals surface area contributed by atoms with Gasteiger partial charge in [0.25, 0.3) is 0 Å². The fraction of sp³-hybridized carbons (Fsp3) is 0.375. The second-order valence-corrected chi connectivity index (χ2v) is 8.94. The van der Waals surface area contributed by atoms with Crippen LogP contribution >= 0.6 is 11.6 Å². The number of rotatable bonds is 4. The van der Waals surface area contributed by atoms with Gasteiger partial charge in [0.1, 0.15) is 5.75 Å². The highest BCUT2D eigenvalue weighted by molar-refractivity contribution is 7.88. The van der Waals surface area contributed by atoms with Gasteiger partial charge in [0, 0.05) is 43.3 Å². The monoisotopic (exact) mass is 449 g/mol. The van der Waals surface area contributed by atoms with Gasteiger partial charge in [-0.25, -0.2) is 9.97 Å². The van der Waals surface area contributed by atoms with Crippen molar-refractivity contribution in [3.63, 3.8) is 0 Å². The van der Waals surface area contributed by atoms with Crippen LogP contribution < -0.4 is 15.2 Å². The summed E-state index contributed by atoms with van der Waals surface area (Å²) in [6, 6.07) is 4.07. The molecule has 8 nitrogen and oxygen atoms in total. The van der Waals surface area contributed by atoms with Crippen molar-refractivity contribution in [3.05, 3.63) is 40.7 Å². The standard InChI is InChI=1S/C16H15ClF3N5O3S/c17-11-4-22-14(21)24-13(11)5-25-7-15(8-25)6-23-12-3-9(1-2-10(12)15)28-29(26,27)16(18,19)20/h1-4,23H,5-8H2,(H2,21,22,24). The Bertz CT molecular complexity index is 1070. The Morgan fingerprint density at radius 3 is 2.76 bits per heavy atom. The fourth-order valence-corrected chi connectivity index (χ4v) is 4.26. The topological polar surface area (TPSA) is 110 Å². The first-order chi connectivity index (χ1) is 13.5. The number of alkyl halides is 3. The van der Waals surface area contributed by atoms with Crippen molar-refractivity contribution in [2.45, 2.75) is 17.5 Å². The van der Waals surface area contributed by atoms with E-state index in [0.717, 1.165) is 5.56 Å². The quantitative estimate of drug-likeness (QED) is 0.539. The van der Waals surface area contributed by atoms with E-state index < -0.39 is 21.4 Å². The Kier molecular flexibility index (Phi) is 4.55. The van der Waals surface area contributed by atoms with Crippen LogP contribution in [0.3, 0.4) is 0 Å². The summed E-state index contributed by atoms with van der Waals surface area (Å²) in [6.45, 7) is 2.37. The largest absolute Gasteiger partial charge is 0.534 e. The van der Waals surface area contributed by atoms with Gasteiger partial charge in [0.05, 0.1) is 16.9 Å². The Morgan fingerprint density at radius 1 is 1.34 bits per heavy atom. The second-order valence-electron chi connectivity index (χ2n) is 6.99. The Balaban J connectivity index is 1.47. The normalized spacial score (nSPS) is 18.2. The number of halogens is 4. The minimum Gasteiger partial charge on any atom is -0.384 e. The third-order valence-electron chi connectivity index (χ3n) is 4.93. The molecule has 2 aromatic rings. The third kappa shape index (κ3) is 3.55. The zero-order valence-corrected chi connectivity index (χ0v) is 16.3. The zero-order valence-electron chi connectivity index (χ0n) is 14.7. The highest BCUT2D eigenvalue weighted by atomic mass is 35.5. The number of anilines is 2. The molecule has 0 radical (unpaired) electrons.